The van der Waals surface area contributed by atoms with E-state index in [-0.39, 0.29) is 23.9 Å². The molecule has 0 spiro atoms. The summed E-state index contributed by atoms with van der Waals surface area (Å²) in [6.07, 6.45) is 7.61. The Balaban J connectivity index is 1.61. The van der Waals surface area contributed by atoms with Crippen LogP contribution in [0.25, 0.3) is 5.65 Å². The van der Waals surface area contributed by atoms with Gasteiger partial charge in [0.2, 0.25) is 0 Å². The van der Waals surface area contributed by atoms with Gasteiger partial charge in [-0.05, 0) is 25.3 Å². The van der Waals surface area contributed by atoms with E-state index in [0.29, 0.717) is 24.6 Å². The minimum absolute atomic E-state index is 0.00367. The molecule has 1 fully saturated rings. The highest BCUT2D eigenvalue weighted by molar-refractivity contribution is 6.08. The number of rotatable bonds is 9. The molecule has 3 aromatic rings. The van der Waals surface area contributed by atoms with E-state index in [1.165, 1.54) is 16.9 Å². The SMILES string of the molecule is CCCN(CCO)c1ccn2ncc(C(=O)Nc3cn(C4CCCCC4)nc3C(F)F)c2n1. The standard InChI is InChI=1S/C22H29F2N7O2/c1-2-9-29(11-12-32)18-8-10-30-21(27-18)16(13-25-30)22(33)26-17-14-31(28-19(17)20(23)24)15-6-4-3-5-7-15/h8,10,13-15,20,32H,2-7,9,11-12H2,1H3,(H,26,33). The number of carbonyl (C=O) groups is 1. The predicted octanol–water partition coefficient (Wildman–Crippen LogP) is 3.83. The van der Waals surface area contributed by atoms with Crippen LogP contribution in [0.1, 0.15) is 74.0 Å². The molecule has 4 rings (SSSR count). The topological polar surface area (TPSA) is 101 Å². The first kappa shape index (κ1) is 23.1. The first-order chi connectivity index (χ1) is 16.0. The Morgan fingerprint density at radius 2 is 2.09 bits per heavy atom. The van der Waals surface area contributed by atoms with Crippen molar-refractivity contribution < 1.29 is 18.7 Å². The smallest absolute Gasteiger partial charge is 0.284 e. The lowest BCUT2D eigenvalue weighted by Crippen LogP contribution is -2.28. The lowest BCUT2D eigenvalue weighted by Gasteiger charge is -2.22. The van der Waals surface area contributed by atoms with E-state index in [1.807, 2.05) is 11.8 Å². The van der Waals surface area contributed by atoms with Crippen molar-refractivity contribution in [1.29, 1.82) is 0 Å². The molecule has 1 aliphatic rings. The number of halogens is 2. The summed E-state index contributed by atoms with van der Waals surface area (Å²) < 4.78 is 30.3. The molecule has 0 aromatic carbocycles. The molecule has 1 aliphatic carbocycles. The minimum atomic E-state index is -2.81. The Hall–Kier alpha value is -3.08. The number of fused-ring (bicyclic) bond motifs is 1. The normalized spacial score (nSPS) is 14.8. The summed E-state index contributed by atoms with van der Waals surface area (Å²) in [5.74, 6) is 0.0234. The van der Waals surface area contributed by atoms with Crippen LogP contribution in [0.5, 0.6) is 0 Å². The van der Waals surface area contributed by atoms with Gasteiger partial charge in [0.1, 0.15) is 11.4 Å². The molecule has 9 nitrogen and oxygen atoms in total. The quantitative estimate of drug-likeness (QED) is 0.502. The molecule has 1 amide bonds. The van der Waals surface area contributed by atoms with Crippen LogP contribution < -0.4 is 10.2 Å². The number of hydrogen-bond acceptors (Lipinski definition) is 6. The fourth-order valence-electron chi connectivity index (χ4n) is 4.31. The average molecular weight is 462 g/mol. The van der Waals surface area contributed by atoms with Gasteiger partial charge in [-0.25, -0.2) is 18.3 Å². The van der Waals surface area contributed by atoms with E-state index >= 15 is 0 Å². The minimum Gasteiger partial charge on any atom is -0.395 e. The molecule has 2 N–H and O–H groups in total. The molecule has 33 heavy (non-hydrogen) atoms. The van der Waals surface area contributed by atoms with Crippen molar-refractivity contribution in [2.45, 2.75) is 57.9 Å². The van der Waals surface area contributed by atoms with E-state index < -0.39 is 18.0 Å². The van der Waals surface area contributed by atoms with Crippen LogP contribution in [-0.4, -0.2) is 55.1 Å². The van der Waals surface area contributed by atoms with Gasteiger partial charge in [0, 0.05) is 25.5 Å². The van der Waals surface area contributed by atoms with Gasteiger partial charge in [0.15, 0.2) is 11.3 Å². The fourth-order valence-corrected chi connectivity index (χ4v) is 4.31. The molecule has 0 bridgehead atoms. The lowest BCUT2D eigenvalue weighted by atomic mass is 9.96. The van der Waals surface area contributed by atoms with Crippen molar-refractivity contribution in [1.82, 2.24) is 24.4 Å². The van der Waals surface area contributed by atoms with Gasteiger partial charge in [-0.3, -0.25) is 9.48 Å². The number of nitrogens with zero attached hydrogens (tertiary/aromatic N) is 6. The van der Waals surface area contributed by atoms with Crippen LogP contribution in [0.2, 0.25) is 0 Å². The maximum atomic E-state index is 13.7. The van der Waals surface area contributed by atoms with Crippen molar-refractivity contribution in [3.05, 3.63) is 35.9 Å². The van der Waals surface area contributed by atoms with Gasteiger partial charge in [-0.2, -0.15) is 10.2 Å². The molecule has 0 radical (unpaired) electrons. The second-order valence-corrected chi connectivity index (χ2v) is 8.28. The fraction of sp³-hybridized carbons (Fsp3) is 0.545. The molecule has 0 saturated heterocycles. The molecule has 3 heterocycles. The zero-order valence-corrected chi connectivity index (χ0v) is 18.6. The Labute approximate surface area is 190 Å². The number of aromatic nitrogens is 5. The molecule has 0 aliphatic heterocycles. The number of hydrogen-bond donors (Lipinski definition) is 2. The van der Waals surface area contributed by atoms with E-state index in [9.17, 15) is 18.7 Å². The molecule has 11 heteroatoms. The molecule has 0 atom stereocenters. The first-order valence-electron chi connectivity index (χ1n) is 11.4. The number of aliphatic hydroxyl groups excluding tert-OH is 1. The Morgan fingerprint density at radius 1 is 1.30 bits per heavy atom. The number of carbonyl (C=O) groups excluding carboxylic acids is 1. The number of alkyl halides is 2. The van der Waals surface area contributed by atoms with Gasteiger partial charge in [-0.1, -0.05) is 26.2 Å². The number of anilines is 2. The van der Waals surface area contributed by atoms with Crippen molar-refractivity contribution in [2.24, 2.45) is 0 Å². The monoisotopic (exact) mass is 461 g/mol. The van der Waals surface area contributed by atoms with Crippen LogP contribution in [0, 0.1) is 0 Å². The molecular formula is C22H29F2N7O2. The van der Waals surface area contributed by atoms with Crippen LogP contribution in [0.15, 0.2) is 24.7 Å². The Kier molecular flexibility index (Phi) is 7.17. The van der Waals surface area contributed by atoms with Crippen molar-refractivity contribution in [3.8, 4) is 0 Å². The second-order valence-electron chi connectivity index (χ2n) is 8.28. The van der Waals surface area contributed by atoms with Gasteiger partial charge in [0.25, 0.3) is 12.3 Å². The highest BCUT2D eigenvalue weighted by Gasteiger charge is 2.25. The summed E-state index contributed by atoms with van der Waals surface area (Å²) in [6, 6.07) is 1.83. The summed E-state index contributed by atoms with van der Waals surface area (Å²) in [4.78, 5) is 19.5. The predicted molar refractivity (Wildman–Crippen MR) is 120 cm³/mol. The summed E-state index contributed by atoms with van der Waals surface area (Å²) >= 11 is 0. The second kappa shape index (κ2) is 10.2. The van der Waals surface area contributed by atoms with Gasteiger partial charge < -0.3 is 15.3 Å². The van der Waals surface area contributed by atoms with Crippen molar-refractivity contribution >= 4 is 23.1 Å². The van der Waals surface area contributed by atoms with Crippen LogP contribution in [0.4, 0.5) is 20.3 Å². The zero-order chi connectivity index (χ0) is 23.4. The van der Waals surface area contributed by atoms with E-state index in [4.69, 9.17) is 0 Å². The highest BCUT2D eigenvalue weighted by Crippen LogP contribution is 2.32. The van der Waals surface area contributed by atoms with E-state index in [2.05, 4.69) is 20.5 Å². The third kappa shape index (κ3) is 4.97. The van der Waals surface area contributed by atoms with Gasteiger partial charge in [-0.15, -0.1) is 0 Å². The third-order valence-corrected chi connectivity index (χ3v) is 5.95. The van der Waals surface area contributed by atoms with Gasteiger partial charge in [0.05, 0.1) is 24.5 Å². The summed E-state index contributed by atoms with van der Waals surface area (Å²) in [5, 5.41) is 20.2. The highest BCUT2D eigenvalue weighted by atomic mass is 19.3. The maximum Gasteiger partial charge on any atom is 0.284 e. The maximum absolute atomic E-state index is 13.7. The van der Waals surface area contributed by atoms with Crippen molar-refractivity contribution in [2.75, 3.05) is 29.9 Å². The summed E-state index contributed by atoms with van der Waals surface area (Å²) in [5.41, 5.74) is 0.0466. The van der Waals surface area contributed by atoms with Gasteiger partial charge >= 0.3 is 0 Å². The summed E-state index contributed by atoms with van der Waals surface area (Å²) in [7, 11) is 0. The van der Waals surface area contributed by atoms with Crippen LogP contribution in [-0.2, 0) is 0 Å². The molecule has 178 valence electrons. The average Bonchev–Trinajstić information content (AvgIpc) is 3.43. The van der Waals surface area contributed by atoms with E-state index in [1.54, 1.807) is 16.9 Å². The molecule has 0 unspecified atom stereocenters. The molecule has 1 saturated carbocycles. The summed E-state index contributed by atoms with van der Waals surface area (Å²) in [6.45, 7) is 3.10. The zero-order valence-electron chi connectivity index (χ0n) is 18.6. The lowest BCUT2D eigenvalue weighted by molar-refractivity contribution is 0.102. The largest absolute Gasteiger partial charge is 0.395 e. The van der Waals surface area contributed by atoms with E-state index in [0.717, 1.165) is 38.5 Å². The van der Waals surface area contributed by atoms with Crippen molar-refractivity contribution in [3.63, 3.8) is 0 Å². The third-order valence-electron chi connectivity index (χ3n) is 5.95. The number of amides is 1. The number of nitrogens with one attached hydrogen (secondary N) is 1. The first-order valence-corrected chi connectivity index (χ1v) is 11.4. The van der Waals surface area contributed by atoms with Crippen LogP contribution in [0.3, 0.4) is 0 Å². The van der Waals surface area contributed by atoms with Crippen LogP contribution >= 0.6 is 0 Å². The molecule has 3 aromatic heterocycles. The Morgan fingerprint density at radius 3 is 2.79 bits per heavy atom. The Bertz CT molecular complexity index is 1090. The number of aliphatic hydroxyl groups is 1. The molecular weight excluding hydrogens is 432 g/mol.